The van der Waals surface area contributed by atoms with Crippen LogP contribution < -0.4 is 9.47 Å². The maximum absolute atomic E-state index is 8.90. The van der Waals surface area contributed by atoms with Crippen molar-refractivity contribution in [3.8, 4) is 23.6 Å². The monoisotopic (exact) mass is 392 g/mol. The van der Waals surface area contributed by atoms with Crippen molar-refractivity contribution in [1.82, 2.24) is 9.97 Å². The summed E-state index contributed by atoms with van der Waals surface area (Å²) in [6.07, 6.45) is 4.04. The number of nitriles is 2. The molecular formula is C18H18Cl2N4O2. The molecule has 8 heteroatoms. The Labute approximate surface area is 162 Å². The Hall–Kier alpha value is -2.54. The maximum Gasteiger partial charge on any atom is 0.160 e. The van der Waals surface area contributed by atoms with Gasteiger partial charge >= 0.3 is 0 Å². The van der Waals surface area contributed by atoms with Crippen LogP contribution in [0.3, 0.4) is 0 Å². The van der Waals surface area contributed by atoms with Crippen molar-refractivity contribution in [2.24, 2.45) is 0 Å². The zero-order valence-electron chi connectivity index (χ0n) is 14.7. The highest BCUT2D eigenvalue weighted by Gasteiger charge is 2.17. The third-order valence-electron chi connectivity index (χ3n) is 3.36. The minimum Gasteiger partial charge on any atom is -0.493 e. The van der Waals surface area contributed by atoms with Crippen LogP contribution >= 0.6 is 23.2 Å². The maximum atomic E-state index is 8.90. The number of hydrogen-bond donors (Lipinski definition) is 0. The molecule has 1 unspecified atom stereocenters. The zero-order valence-corrected chi connectivity index (χ0v) is 16.2. The van der Waals surface area contributed by atoms with E-state index in [1.807, 2.05) is 13.0 Å². The molecule has 136 valence electrons. The van der Waals surface area contributed by atoms with Crippen LogP contribution in [0.1, 0.15) is 30.7 Å². The van der Waals surface area contributed by atoms with E-state index in [1.165, 1.54) is 14.2 Å². The summed E-state index contributed by atoms with van der Waals surface area (Å²) in [7, 11) is 3.03. The summed E-state index contributed by atoms with van der Waals surface area (Å²) >= 11 is 11.7. The SMILES string of the molecule is CCC(C#N)c1nccc(Cl)c1OC.COc1c(Cl)ccnc1CC#N. The summed E-state index contributed by atoms with van der Waals surface area (Å²) in [5.41, 5.74) is 1.19. The highest BCUT2D eigenvalue weighted by Crippen LogP contribution is 2.32. The summed E-state index contributed by atoms with van der Waals surface area (Å²) in [5, 5.41) is 18.3. The zero-order chi connectivity index (χ0) is 19.5. The average molecular weight is 393 g/mol. The molecule has 0 spiro atoms. The molecule has 26 heavy (non-hydrogen) atoms. The Kier molecular flexibility index (Phi) is 9.22. The van der Waals surface area contributed by atoms with E-state index in [1.54, 1.807) is 24.5 Å². The van der Waals surface area contributed by atoms with Gasteiger partial charge < -0.3 is 9.47 Å². The van der Waals surface area contributed by atoms with Crippen molar-refractivity contribution in [1.29, 1.82) is 10.5 Å². The number of nitrogens with zero attached hydrogens (tertiary/aromatic N) is 4. The first-order valence-corrected chi connectivity index (χ1v) is 8.41. The summed E-state index contributed by atoms with van der Waals surface area (Å²) in [5.74, 6) is 0.729. The van der Waals surface area contributed by atoms with Crippen molar-refractivity contribution < 1.29 is 9.47 Å². The van der Waals surface area contributed by atoms with Gasteiger partial charge in [0.15, 0.2) is 11.5 Å². The van der Waals surface area contributed by atoms with E-state index in [0.717, 1.165) is 0 Å². The molecular weight excluding hydrogens is 375 g/mol. The summed E-state index contributed by atoms with van der Waals surface area (Å²) < 4.78 is 10.1. The first-order chi connectivity index (χ1) is 12.5. The van der Waals surface area contributed by atoms with Gasteiger partial charge in [0.25, 0.3) is 0 Å². The van der Waals surface area contributed by atoms with Gasteiger partial charge in [-0.15, -0.1) is 0 Å². The minimum atomic E-state index is -0.261. The normalized spacial score (nSPS) is 10.6. The fourth-order valence-corrected chi connectivity index (χ4v) is 2.59. The van der Waals surface area contributed by atoms with E-state index in [9.17, 15) is 0 Å². The van der Waals surface area contributed by atoms with Gasteiger partial charge in [0.1, 0.15) is 5.69 Å². The van der Waals surface area contributed by atoms with Crippen molar-refractivity contribution in [2.75, 3.05) is 14.2 Å². The van der Waals surface area contributed by atoms with Crippen molar-refractivity contribution in [3.05, 3.63) is 46.0 Å². The quantitative estimate of drug-likeness (QED) is 0.739. The van der Waals surface area contributed by atoms with Crippen LogP contribution in [0, 0.1) is 22.7 Å². The molecule has 1 atom stereocenters. The van der Waals surface area contributed by atoms with Crippen LogP contribution in [0.25, 0.3) is 0 Å². The van der Waals surface area contributed by atoms with E-state index < -0.39 is 0 Å². The number of pyridine rings is 2. The molecule has 2 aromatic rings. The molecule has 0 aliphatic heterocycles. The number of rotatable bonds is 5. The first kappa shape index (κ1) is 21.5. The molecule has 6 nitrogen and oxygen atoms in total. The smallest absolute Gasteiger partial charge is 0.160 e. The van der Waals surface area contributed by atoms with E-state index in [-0.39, 0.29) is 12.3 Å². The number of aromatic nitrogens is 2. The van der Waals surface area contributed by atoms with E-state index in [0.29, 0.717) is 39.4 Å². The van der Waals surface area contributed by atoms with Gasteiger partial charge in [-0.25, -0.2) is 0 Å². The van der Waals surface area contributed by atoms with Crippen molar-refractivity contribution >= 4 is 23.2 Å². The molecule has 0 aromatic carbocycles. The molecule has 0 radical (unpaired) electrons. The predicted octanol–water partition coefficient (Wildman–Crippen LogP) is 4.57. The molecule has 0 aliphatic rings. The Balaban J connectivity index is 0.000000263. The van der Waals surface area contributed by atoms with Crippen LogP contribution in [0.5, 0.6) is 11.5 Å². The van der Waals surface area contributed by atoms with E-state index in [2.05, 4.69) is 16.0 Å². The summed E-state index contributed by atoms with van der Waals surface area (Å²) in [4.78, 5) is 8.09. The van der Waals surface area contributed by atoms with Gasteiger partial charge in [0.2, 0.25) is 0 Å². The topological polar surface area (TPSA) is 91.8 Å². The molecule has 0 amide bonds. The largest absolute Gasteiger partial charge is 0.493 e. The third kappa shape index (κ3) is 5.49. The van der Waals surface area contributed by atoms with Crippen LogP contribution in [0.4, 0.5) is 0 Å². The molecule has 0 saturated heterocycles. The second-order valence-corrected chi connectivity index (χ2v) is 5.72. The van der Waals surface area contributed by atoms with Crippen LogP contribution in [0.2, 0.25) is 10.0 Å². The molecule has 0 bridgehead atoms. The van der Waals surface area contributed by atoms with Crippen LogP contribution in [0.15, 0.2) is 24.5 Å². The minimum absolute atomic E-state index is 0.212. The second kappa shape index (κ2) is 11.1. The molecule has 2 rings (SSSR count). The molecule has 0 fully saturated rings. The standard InChI is InChI=1S/C10H11ClN2O.C8H7ClN2O/c1-3-7(6-12)9-10(14-2)8(11)4-5-13-9;1-12-8-6(9)3-5-11-7(8)2-4-10/h4-5,7H,3H2,1-2H3;3,5H,2H2,1H3. The van der Waals surface area contributed by atoms with Crippen molar-refractivity contribution in [3.63, 3.8) is 0 Å². The third-order valence-corrected chi connectivity index (χ3v) is 3.96. The Morgan fingerprint density at radius 1 is 1.04 bits per heavy atom. The fourth-order valence-electron chi connectivity index (χ4n) is 2.12. The number of halogens is 2. The lowest BCUT2D eigenvalue weighted by Gasteiger charge is -2.11. The number of ether oxygens (including phenoxy) is 2. The number of methoxy groups -OCH3 is 2. The Morgan fingerprint density at radius 2 is 1.62 bits per heavy atom. The number of hydrogen-bond acceptors (Lipinski definition) is 6. The van der Waals surface area contributed by atoms with Gasteiger partial charge in [-0.05, 0) is 18.6 Å². The van der Waals surface area contributed by atoms with Gasteiger partial charge in [-0.2, -0.15) is 10.5 Å². The van der Waals surface area contributed by atoms with E-state index in [4.69, 9.17) is 43.2 Å². The fraction of sp³-hybridized carbons (Fsp3) is 0.333. The van der Waals surface area contributed by atoms with Gasteiger partial charge in [0.05, 0.1) is 54.4 Å². The second-order valence-electron chi connectivity index (χ2n) is 4.91. The molecule has 2 aromatic heterocycles. The van der Waals surface area contributed by atoms with Crippen LogP contribution in [-0.2, 0) is 6.42 Å². The molecule has 0 saturated carbocycles. The molecule has 0 N–H and O–H groups in total. The van der Waals surface area contributed by atoms with Gasteiger partial charge in [-0.3, -0.25) is 9.97 Å². The molecule has 0 aliphatic carbocycles. The van der Waals surface area contributed by atoms with Gasteiger partial charge in [0, 0.05) is 12.4 Å². The summed E-state index contributed by atoms with van der Waals surface area (Å²) in [6, 6.07) is 7.43. The molecule has 2 heterocycles. The Bertz CT molecular complexity index is 816. The van der Waals surface area contributed by atoms with Crippen LogP contribution in [-0.4, -0.2) is 24.2 Å². The average Bonchev–Trinajstić information content (AvgIpc) is 2.64. The lowest BCUT2D eigenvalue weighted by Crippen LogP contribution is -2.01. The lowest BCUT2D eigenvalue weighted by atomic mass is 10.0. The van der Waals surface area contributed by atoms with Crippen molar-refractivity contribution in [2.45, 2.75) is 25.7 Å². The first-order valence-electron chi connectivity index (χ1n) is 7.66. The highest BCUT2D eigenvalue weighted by atomic mass is 35.5. The van der Waals surface area contributed by atoms with E-state index >= 15 is 0 Å². The lowest BCUT2D eigenvalue weighted by molar-refractivity contribution is 0.405. The summed E-state index contributed by atoms with van der Waals surface area (Å²) in [6.45, 7) is 1.93. The van der Waals surface area contributed by atoms with Gasteiger partial charge in [-0.1, -0.05) is 30.1 Å². The highest BCUT2D eigenvalue weighted by molar-refractivity contribution is 6.32. The predicted molar refractivity (Wildman–Crippen MR) is 99.6 cm³/mol. The Morgan fingerprint density at radius 3 is 2.12 bits per heavy atom.